The Hall–Kier alpha value is -7.94. The Morgan fingerprint density at radius 3 is 1.47 bits per heavy atom. The highest BCUT2D eigenvalue weighted by Crippen LogP contribution is 2.39. The Balaban J connectivity index is 1.08. The average molecular weight is 729 g/mol. The van der Waals surface area contributed by atoms with Crippen LogP contribution < -0.4 is 0 Å². The summed E-state index contributed by atoms with van der Waals surface area (Å²) in [6.45, 7) is 0. The van der Waals surface area contributed by atoms with Gasteiger partial charge < -0.3 is 4.42 Å². The predicted octanol–water partition coefficient (Wildman–Crippen LogP) is 13.3. The van der Waals surface area contributed by atoms with E-state index in [1.165, 1.54) is 11.1 Å². The molecule has 8 aromatic carbocycles. The molecule has 0 N–H and O–H groups in total. The minimum atomic E-state index is 0.545. The molecule has 266 valence electrons. The topological polar surface area (TPSA) is 75.6 Å². The molecule has 0 saturated carbocycles. The van der Waals surface area contributed by atoms with Crippen molar-refractivity contribution >= 4 is 21.9 Å². The van der Waals surface area contributed by atoms with Crippen molar-refractivity contribution in [2.45, 2.75) is 0 Å². The highest BCUT2D eigenvalue weighted by molar-refractivity contribution is 6.13. The normalized spacial score (nSPS) is 11.1. The molecule has 0 aliphatic rings. The van der Waals surface area contributed by atoms with Crippen LogP contribution in [0.15, 0.2) is 199 Å². The summed E-state index contributed by atoms with van der Waals surface area (Å²) in [6.07, 6.45) is 0. The molecule has 0 unspecified atom stereocenters. The second-order valence-corrected chi connectivity index (χ2v) is 14.0. The van der Waals surface area contributed by atoms with E-state index in [9.17, 15) is 5.26 Å². The summed E-state index contributed by atoms with van der Waals surface area (Å²) in [6, 6.07) is 68.2. The van der Waals surface area contributed by atoms with Crippen LogP contribution in [-0.4, -0.2) is 15.0 Å². The fraction of sp³-hybridized carbons (Fsp3) is 0. The van der Waals surface area contributed by atoms with Crippen LogP contribution in [0.25, 0.3) is 101 Å². The van der Waals surface area contributed by atoms with Crippen LogP contribution in [0, 0.1) is 11.3 Å². The van der Waals surface area contributed by atoms with Crippen LogP contribution in [0.1, 0.15) is 5.56 Å². The van der Waals surface area contributed by atoms with Crippen molar-refractivity contribution in [2.75, 3.05) is 0 Å². The molecule has 0 amide bonds. The number of nitriles is 1. The Morgan fingerprint density at radius 2 is 0.807 bits per heavy atom. The van der Waals surface area contributed by atoms with Crippen molar-refractivity contribution in [3.63, 3.8) is 0 Å². The van der Waals surface area contributed by atoms with E-state index < -0.39 is 0 Å². The van der Waals surface area contributed by atoms with E-state index in [4.69, 9.17) is 19.4 Å². The highest BCUT2D eigenvalue weighted by atomic mass is 16.3. The highest BCUT2D eigenvalue weighted by Gasteiger charge is 2.17. The van der Waals surface area contributed by atoms with E-state index >= 15 is 0 Å². The zero-order valence-electron chi connectivity index (χ0n) is 30.7. The zero-order valence-corrected chi connectivity index (χ0v) is 30.7. The van der Waals surface area contributed by atoms with Crippen LogP contribution in [-0.2, 0) is 0 Å². The number of rotatable bonds is 7. The van der Waals surface area contributed by atoms with E-state index in [0.29, 0.717) is 23.0 Å². The maximum Gasteiger partial charge on any atom is 0.164 e. The van der Waals surface area contributed by atoms with Gasteiger partial charge in [-0.05, 0) is 87.0 Å². The molecule has 0 aliphatic heterocycles. The van der Waals surface area contributed by atoms with Gasteiger partial charge in [-0.3, -0.25) is 0 Å². The van der Waals surface area contributed by atoms with Gasteiger partial charge in [0.1, 0.15) is 11.2 Å². The van der Waals surface area contributed by atoms with Crippen molar-refractivity contribution in [3.8, 4) is 84.7 Å². The maximum absolute atomic E-state index is 9.33. The molecule has 0 atom stereocenters. The Labute approximate surface area is 329 Å². The molecule has 5 nitrogen and oxygen atoms in total. The first-order valence-electron chi connectivity index (χ1n) is 18.8. The van der Waals surface area contributed by atoms with Gasteiger partial charge in [0.15, 0.2) is 17.5 Å². The van der Waals surface area contributed by atoms with Gasteiger partial charge in [-0.25, -0.2) is 15.0 Å². The summed E-state index contributed by atoms with van der Waals surface area (Å²) < 4.78 is 6.57. The lowest BCUT2D eigenvalue weighted by atomic mass is 9.96. The molecule has 0 fully saturated rings. The smallest absolute Gasteiger partial charge is 0.164 e. The van der Waals surface area contributed by atoms with Crippen LogP contribution >= 0.6 is 0 Å². The van der Waals surface area contributed by atoms with Crippen molar-refractivity contribution < 1.29 is 4.42 Å². The second-order valence-electron chi connectivity index (χ2n) is 14.0. The molecule has 0 spiro atoms. The maximum atomic E-state index is 9.33. The lowest BCUT2D eigenvalue weighted by Gasteiger charge is -2.10. The summed E-state index contributed by atoms with van der Waals surface area (Å²) in [5.41, 5.74) is 13.6. The van der Waals surface area contributed by atoms with Crippen LogP contribution in [0.2, 0.25) is 0 Å². The summed E-state index contributed by atoms with van der Waals surface area (Å²) in [4.78, 5) is 15.2. The van der Waals surface area contributed by atoms with E-state index in [0.717, 1.165) is 72.0 Å². The fourth-order valence-corrected chi connectivity index (χ4v) is 7.48. The van der Waals surface area contributed by atoms with Crippen molar-refractivity contribution in [1.82, 2.24) is 15.0 Å². The van der Waals surface area contributed by atoms with Crippen LogP contribution in [0.5, 0.6) is 0 Å². The predicted molar refractivity (Wildman–Crippen MR) is 230 cm³/mol. The molecule has 0 aliphatic carbocycles. The van der Waals surface area contributed by atoms with Gasteiger partial charge in [0.25, 0.3) is 0 Å². The van der Waals surface area contributed by atoms with Crippen LogP contribution in [0.3, 0.4) is 0 Å². The molecule has 0 radical (unpaired) electrons. The summed E-state index contributed by atoms with van der Waals surface area (Å²) in [5.74, 6) is 1.68. The van der Waals surface area contributed by atoms with E-state index in [1.54, 1.807) is 0 Å². The van der Waals surface area contributed by atoms with Gasteiger partial charge in [0.05, 0.1) is 11.6 Å². The SMILES string of the molecule is N#Cc1ccc(-c2cccc(-c3nc(-c4ccc(-c5ccccc5)cc4)nc(-c4ccc5c(c4)oc4cccc(-c6cccc(-c7ccccc7)c6)c45)n3)c2)cc1. The molecule has 10 aromatic rings. The van der Waals surface area contributed by atoms with Gasteiger partial charge in [-0.2, -0.15) is 5.26 Å². The third-order valence-corrected chi connectivity index (χ3v) is 10.4. The number of furan rings is 1. The monoisotopic (exact) mass is 728 g/mol. The van der Waals surface area contributed by atoms with Gasteiger partial charge >= 0.3 is 0 Å². The standard InChI is InChI=1S/C52H32N4O/c53-33-34-20-22-38(23-21-34)41-15-8-17-43(31-41)51-54-50(39-26-24-37(25-27-39)35-10-3-1-4-11-35)55-52(56-51)44-28-29-46-48(32-44)57-47-19-9-18-45(49(46)47)42-16-7-14-40(30-42)36-12-5-2-6-13-36/h1-32H. The van der Waals surface area contributed by atoms with Crippen molar-refractivity contribution in [2.24, 2.45) is 0 Å². The number of nitrogens with zero attached hydrogens (tertiary/aromatic N) is 4. The van der Waals surface area contributed by atoms with Gasteiger partial charge in [-0.15, -0.1) is 0 Å². The molecular formula is C52H32N4O. The Morgan fingerprint density at radius 1 is 0.351 bits per heavy atom. The largest absolute Gasteiger partial charge is 0.456 e. The number of hydrogen-bond donors (Lipinski definition) is 0. The van der Waals surface area contributed by atoms with E-state index in [2.05, 4.69) is 127 Å². The first-order chi connectivity index (χ1) is 28.2. The Bertz CT molecular complexity index is 3110. The van der Waals surface area contributed by atoms with E-state index in [1.807, 2.05) is 72.8 Å². The lowest BCUT2D eigenvalue weighted by Crippen LogP contribution is -2.00. The number of hydrogen-bond acceptors (Lipinski definition) is 5. The van der Waals surface area contributed by atoms with E-state index in [-0.39, 0.29) is 0 Å². The quantitative estimate of drug-likeness (QED) is 0.163. The lowest BCUT2D eigenvalue weighted by molar-refractivity contribution is 0.669. The zero-order chi connectivity index (χ0) is 38.1. The molecular weight excluding hydrogens is 697 g/mol. The number of benzene rings is 8. The first kappa shape index (κ1) is 33.6. The van der Waals surface area contributed by atoms with Crippen LogP contribution in [0.4, 0.5) is 0 Å². The minimum Gasteiger partial charge on any atom is -0.456 e. The fourth-order valence-electron chi connectivity index (χ4n) is 7.48. The first-order valence-corrected chi connectivity index (χ1v) is 18.8. The van der Waals surface area contributed by atoms with Gasteiger partial charge in [-0.1, -0.05) is 152 Å². The van der Waals surface area contributed by atoms with Gasteiger partial charge in [0, 0.05) is 27.5 Å². The van der Waals surface area contributed by atoms with Crippen molar-refractivity contribution in [3.05, 3.63) is 200 Å². The Kier molecular flexibility index (Phi) is 8.48. The number of aromatic nitrogens is 3. The molecule has 57 heavy (non-hydrogen) atoms. The molecule has 10 rings (SSSR count). The molecule has 5 heteroatoms. The second kappa shape index (κ2) is 14.4. The third-order valence-electron chi connectivity index (χ3n) is 10.4. The number of fused-ring (bicyclic) bond motifs is 3. The summed E-state index contributed by atoms with van der Waals surface area (Å²) >= 11 is 0. The average Bonchev–Trinajstić information content (AvgIpc) is 3.68. The summed E-state index contributed by atoms with van der Waals surface area (Å²) in [7, 11) is 0. The molecule has 0 bridgehead atoms. The van der Waals surface area contributed by atoms with Crippen molar-refractivity contribution in [1.29, 1.82) is 5.26 Å². The van der Waals surface area contributed by atoms with Gasteiger partial charge in [0.2, 0.25) is 0 Å². The minimum absolute atomic E-state index is 0.545. The summed E-state index contributed by atoms with van der Waals surface area (Å²) in [5, 5.41) is 11.4. The molecule has 2 aromatic heterocycles. The molecule has 0 saturated heterocycles. The molecule has 2 heterocycles. The third kappa shape index (κ3) is 6.52.